The molecule has 0 atom stereocenters. The van der Waals surface area contributed by atoms with Crippen molar-refractivity contribution in [1.29, 1.82) is 0 Å². The van der Waals surface area contributed by atoms with Crippen molar-refractivity contribution < 1.29 is 23.1 Å². The topological polar surface area (TPSA) is 46.6 Å². The molecular formula is C13H15F2NO3. The predicted molar refractivity (Wildman–Crippen MR) is 64.3 cm³/mol. The summed E-state index contributed by atoms with van der Waals surface area (Å²) >= 11 is 0. The molecule has 1 aromatic carbocycles. The molecule has 0 radical (unpaired) electrons. The zero-order valence-electron chi connectivity index (χ0n) is 10.8. The van der Waals surface area contributed by atoms with E-state index in [0.717, 1.165) is 11.0 Å². The molecule has 1 amide bonds. The van der Waals surface area contributed by atoms with Gasteiger partial charge in [-0.1, -0.05) is 6.07 Å². The van der Waals surface area contributed by atoms with E-state index in [1.807, 2.05) is 0 Å². The molecule has 4 nitrogen and oxygen atoms in total. The van der Waals surface area contributed by atoms with Crippen molar-refractivity contribution in [3.8, 4) is 0 Å². The summed E-state index contributed by atoms with van der Waals surface area (Å²) in [6.45, 7) is 1.69. The number of carbonyl (C=O) groups is 2. The van der Waals surface area contributed by atoms with E-state index in [9.17, 15) is 18.4 Å². The highest BCUT2D eigenvalue weighted by Gasteiger charge is 2.16. The summed E-state index contributed by atoms with van der Waals surface area (Å²) in [5.41, 5.74) is 0.0853. The van der Waals surface area contributed by atoms with Gasteiger partial charge >= 0.3 is 5.97 Å². The summed E-state index contributed by atoms with van der Waals surface area (Å²) < 4.78 is 30.8. The predicted octanol–water partition coefficient (Wildman–Crippen LogP) is 1.53. The monoisotopic (exact) mass is 271 g/mol. The average molecular weight is 271 g/mol. The van der Waals surface area contributed by atoms with Gasteiger partial charge in [-0.25, -0.2) is 8.78 Å². The first-order valence-corrected chi connectivity index (χ1v) is 5.77. The highest BCUT2D eigenvalue weighted by molar-refractivity contribution is 5.83. The lowest BCUT2D eigenvalue weighted by Gasteiger charge is -2.16. The fourth-order valence-corrected chi connectivity index (χ4v) is 1.45. The Hall–Kier alpha value is -1.98. The standard InChI is InChI=1S/C13H15F2NO3/c1-3-19-13(18)8-16(2)12(17)6-9-4-5-10(14)7-11(9)15/h4-5,7H,3,6,8H2,1-2H3. The van der Waals surface area contributed by atoms with Crippen LogP contribution in [0.2, 0.25) is 0 Å². The summed E-state index contributed by atoms with van der Waals surface area (Å²) in [7, 11) is 1.42. The lowest BCUT2D eigenvalue weighted by atomic mass is 10.1. The Kier molecular flexibility index (Phi) is 5.41. The zero-order chi connectivity index (χ0) is 14.4. The minimum Gasteiger partial charge on any atom is -0.465 e. The number of esters is 1. The molecule has 19 heavy (non-hydrogen) atoms. The summed E-state index contributed by atoms with van der Waals surface area (Å²) in [5, 5.41) is 0. The smallest absolute Gasteiger partial charge is 0.325 e. The summed E-state index contributed by atoms with van der Waals surface area (Å²) in [6.07, 6.45) is -0.234. The molecule has 0 aliphatic carbocycles. The van der Waals surface area contributed by atoms with Crippen LogP contribution in [0.25, 0.3) is 0 Å². The second-order valence-electron chi connectivity index (χ2n) is 3.97. The van der Waals surface area contributed by atoms with Crippen molar-refractivity contribution in [1.82, 2.24) is 4.90 Å². The Morgan fingerprint density at radius 1 is 1.32 bits per heavy atom. The maximum Gasteiger partial charge on any atom is 0.325 e. The van der Waals surface area contributed by atoms with Crippen LogP contribution in [0.3, 0.4) is 0 Å². The Bertz CT molecular complexity index is 477. The largest absolute Gasteiger partial charge is 0.465 e. The van der Waals surface area contributed by atoms with Crippen molar-refractivity contribution in [2.75, 3.05) is 20.2 Å². The molecule has 1 rings (SSSR count). The van der Waals surface area contributed by atoms with E-state index in [1.54, 1.807) is 6.92 Å². The summed E-state index contributed by atoms with van der Waals surface area (Å²) in [4.78, 5) is 24.1. The molecule has 0 saturated carbocycles. The Morgan fingerprint density at radius 3 is 2.58 bits per heavy atom. The van der Waals surface area contributed by atoms with E-state index in [0.29, 0.717) is 6.07 Å². The van der Waals surface area contributed by atoms with Crippen molar-refractivity contribution in [3.63, 3.8) is 0 Å². The molecule has 0 N–H and O–H groups in total. The van der Waals surface area contributed by atoms with E-state index in [4.69, 9.17) is 4.74 Å². The van der Waals surface area contributed by atoms with Crippen molar-refractivity contribution in [3.05, 3.63) is 35.4 Å². The van der Waals surface area contributed by atoms with E-state index in [-0.39, 0.29) is 25.1 Å². The number of hydrogen-bond donors (Lipinski definition) is 0. The van der Waals surface area contributed by atoms with Crippen LogP contribution in [-0.2, 0) is 20.7 Å². The molecule has 104 valence electrons. The molecule has 0 heterocycles. The van der Waals surface area contributed by atoms with Crippen LogP contribution in [0.1, 0.15) is 12.5 Å². The van der Waals surface area contributed by atoms with Gasteiger partial charge in [-0.2, -0.15) is 0 Å². The van der Waals surface area contributed by atoms with E-state index in [1.165, 1.54) is 13.1 Å². The number of nitrogens with zero attached hydrogens (tertiary/aromatic N) is 1. The number of hydrogen-bond acceptors (Lipinski definition) is 3. The third-order valence-electron chi connectivity index (χ3n) is 2.45. The number of halogens is 2. The fourth-order valence-electron chi connectivity index (χ4n) is 1.45. The van der Waals surface area contributed by atoms with Crippen LogP contribution in [0.5, 0.6) is 0 Å². The molecule has 0 spiro atoms. The normalized spacial score (nSPS) is 10.1. The molecule has 0 saturated heterocycles. The Balaban J connectivity index is 2.61. The SMILES string of the molecule is CCOC(=O)CN(C)C(=O)Cc1ccc(F)cc1F. The lowest BCUT2D eigenvalue weighted by molar-refractivity contribution is -0.147. The van der Waals surface area contributed by atoms with Gasteiger partial charge in [0.1, 0.15) is 18.2 Å². The highest BCUT2D eigenvalue weighted by Crippen LogP contribution is 2.11. The summed E-state index contributed by atoms with van der Waals surface area (Å²) in [6, 6.07) is 3.01. The van der Waals surface area contributed by atoms with Crippen LogP contribution in [0, 0.1) is 11.6 Å². The zero-order valence-corrected chi connectivity index (χ0v) is 10.8. The van der Waals surface area contributed by atoms with Gasteiger partial charge in [-0.3, -0.25) is 9.59 Å². The van der Waals surface area contributed by atoms with Crippen LogP contribution in [-0.4, -0.2) is 37.0 Å². The van der Waals surface area contributed by atoms with Gasteiger partial charge in [0.15, 0.2) is 0 Å². The van der Waals surface area contributed by atoms with Gasteiger partial charge in [0.25, 0.3) is 0 Å². The second kappa shape index (κ2) is 6.82. The summed E-state index contributed by atoms with van der Waals surface area (Å²) in [5.74, 6) is -2.46. The van der Waals surface area contributed by atoms with Crippen molar-refractivity contribution >= 4 is 11.9 Å². The first kappa shape index (κ1) is 15.1. The number of carbonyl (C=O) groups excluding carboxylic acids is 2. The third-order valence-corrected chi connectivity index (χ3v) is 2.45. The molecule has 0 aromatic heterocycles. The maximum atomic E-state index is 13.4. The van der Waals surface area contributed by atoms with Crippen LogP contribution >= 0.6 is 0 Å². The van der Waals surface area contributed by atoms with E-state index < -0.39 is 23.5 Å². The minimum atomic E-state index is -0.780. The molecule has 1 aromatic rings. The van der Waals surface area contributed by atoms with Gasteiger partial charge in [0, 0.05) is 13.1 Å². The Labute approximate surface area is 110 Å². The van der Waals surface area contributed by atoms with Gasteiger partial charge < -0.3 is 9.64 Å². The van der Waals surface area contributed by atoms with Gasteiger partial charge in [0.2, 0.25) is 5.91 Å². The Morgan fingerprint density at radius 2 is 2.00 bits per heavy atom. The van der Waals surface area contributed by atoms with Gasteiger partial charge in [0.05, 0.1) is 13.0 Å². The number of amides is 1. The highest BCUT2D eigenvalue weighted by atomic mass is 19.1. The van der Waals surface area contributed by atoms with Gasteiger partial charge in [-0.15, -0.1) is 0 Å². The molecule has 0 bridgehead atoms. The van der Waals surface area contributed by atoms with Crippen molar-refractivity contribution in [2.45, 2.75) is 13.3 Å². The molecule has 0 aliphatic rings. The quantitative estimate of drug-likeness (QED) is 0.763. The number of likely N-dealkylation sites (N-methyl/N-ethyl adjacent to an activating group) is 1. The maximum absolute atomic E-state index is 13.4. The molecule has 0 aliphatic heterocycles. The third kappa shape index (κ3) is 4.65. The molecule has 0 unspecified atom stereocenters. The fraction of sp³-hybridized carbons (Fsp3) is 0.385. The van der Waals surface area contributed by atoms with Crippen molar-refractivity contribution in [2.24, 2.45) is 0 Å². The number of rotatable bonds is 5. The number of ether oxygens (including phenoxy) is 1. The van der Waals surface area contributed by atoms with E-state index >= 15 is 0 Å². The van der Waals surface area contributed by atoms with Crippen LogP contribution in [0.15, 0.2) is 18.2 Å². The second-order valence-corrected chi connectivity index (χ2v) is 3.97. The van der Waals surface area contributed by atoms with Crippen LogP contribution in [0.4, 0.5) is 8.78 Å². The molecular weight excluding hydrogens is 256 g/mol. The first-order valence-electron chi connectivity index (χ1n) is 5.77. The first-order chi connectivity index (χ1) is 8.93. The number of benzene rings is 1. The molecule has 6 heteroatoms. The van der Waals surface area contributed by atoms with Gasteiger partial charge in [-0.05, 0) is 18.6 Å². The molecule has 0 fully saturated rings. The van der Waals surface area contributed by atoms with Crippen LogP contribution < -0.4 is 0 Å². The lowest BCUT2D eigenvalue weighted by Crippen LogP contribution is -2.34. The van der Waals surface area contributed by atoms with E-state index in [2.05, 4.69) is 0 Å². The minimum absolute atomic E-state index is 0.0853. The average Bonchev–Trinajstić information content (AvgIpc) is 2.32.